The van der Waals surface area contributed by atoms with Crippen LogP contribution in [0.3, 0.4) is 0 Å². The quantitative estimate of drug-likeness (QED) is 0.356. The number of carbonyl (C=O) groups is 2. The van der Waals surface area contributed by atoms with Crippen molar-refractivity contribution in [3.63, 3.8) is 0 Å². The van der Waals surface area contributed by atoms with Crippen LogP contribution in [0.15, 0.2) is 42.5 Å². The number of aromatic amines is 1. The molecule has 2 heterocycles. The molecule has 4 aromatic rings. The molecule has 2 amide bonds. The van der Waals surface area contributed by atoms with E-state index in [1.165, 1.54) is 5.56 Å². The molecule has 5 heteroatoms. The van der Waals surface area contributed by atoms with Crippen LogP contribution in [0, 0.1) is 6.57 Å². The standard InChI is InChI=1S/C23H13N3O2/c1-24-12-7-9-16-15(10-12)18-20-19(22(27)26-23(20)28)14-8-6-11-4-2-3-5-13(11)17(14)21(18)25-16/h2-5,7,9-10,25H,6,8H2,(H,26,27,28). The molecule has 2 aliphatic rings. The van der Waals surface area contributed by atoms with E-state index in [0.29, 0.717) is 23.2 Å². The van der Waals surface area contributed by atoms with E-state index in [9.17, 15) is 9.59 Å². The molecule has 132 valence electrons. The van der Waals surface area contributed by atoms with Crippen LogP contribution in [0.25, 0.3) is 37.8 Å². The lowest BCUT2D eigenvalue weighted by molar-refractivity contribution is 0.0880. The molecule has 2 N–H and O–H groups in total. The fourth-order valence-corrected chi connectivity index (χ4v) is 4.74. The lowest BCUT2D eigenvalue weighted by Gasteiger charge is -2.22. The minimum atomic E-state index is -0.360. The SMILES string of the molecule is [C-]#[N+]c1ccc2[nH]c3c4c(c5c(c3c2c1)C(=O)NC5=O)CCc1ccccc1-4. The second kappa shape index (κ2) is 5.08. The predicted molar refractivity (Wildman–Crippen MR) is 107 cm³/mol. The van der Waals surface area contributed by atoms with E-state index in [1.54, 1.807) is 12.1 Å². The number of rotatable bonds is 0. The maximum atomic E-state index is 12.7. The number of nitrogens with zero attached hydrogens (tertiary/aromatic N) is 1. The van der Waals surface area contributed by atoms with Gasteiger partial charge in [0.25, 0.3) is 11.8 Å². The largest absolute Gasteiger partial charge is 0.354 e. The fourth-order valence-electron chi connectivity index (χ4n) is 4.74. The zero-order valence-electron chi connectivity index (χ0n) is 14.7. The van der Waals surface area contributed by atoms with Gasteiger partial charge in [-0.2, -0.15) is 0 Å². The summed E-state index contributed by atoms with van der Waals surface area (Å²) < 4.78 is 0. The first kappa shape index (κ1) is 15.2. The van der Waals surface area contributed by atoms with Gasteiger partial charge in [-0.3, -0.25) is 14.9 Å². The molecule has 28 heavy (non-hydrogen) atoms. The lowest BCUT2D eigenvalue weighted by atomic mass is 9.80. The van der Waals surface area contributed by atoms with E-state index in [4.69, 9.17) is 6.57 Å². The van der Waals surface area contributed by atoms with Gasteiger partial charge in [0, 0.05) is 16.5 Å². The topological polar surface area (TPSA) is 66.3 Å². The Morgan fingerprint density at radius 3 is 2.61 bits per heavy atom. The first-order valence-electron chi connectivity index (χ1n) is 9.13. The van der Waals surface area contributed by atoms with Gasteiger partial charge in [0.2, 0.25) is 0 Å². The summed E-state index contributed by atoms with van der Waals surface area (Å²) in [6, 6.07) is 13.6. The maximum Gasteiger partial charge on any atom is 0.259 e. The van der Waals surface area contributed by atoms with Crippen LogP contribution >= 0.6 is 0 Å². The van der Waals surface area contributed by atoms with Crippen molar-refractivity contribution in [3.05, 3.63) is 76.1 Å². The Morgan fingerprint density at radius 1 is 0.929 bits per heavy atom. The molecular weight excluding hydrogens is 350 g/mol. The highest BCUT2D eigenvalue weighted by atomic mass is 16.2. The minimum Gasteiger partial charge on any atom is -0.354 e. The zero-order valence-corrected chi connectivity index (χ0v) is 14.7. The van der Waals surface area contributed by atoms with Crippen LogP contribution in [0.1, 0.15) is 31.8 Å². The van der Waals surface area contributed by atoms with Crippen molar-refractivity contribution in [2.24, 2.45) is 0 Å². The molecule has 0 bridgehead atoms. The van der Waals surface area contributed by atoms with Crippen LogP contribution < -0.4 is 5.32 Å². The Kier molecular flexibility index (Phi) is 2.75. The third-order valence-electron chi connectivity index (χ3n) is 5.88. The Hall–Kier alpha value is -3.91. The highest BCUT2D eigenvalue weighted by molar-refractivity contribution is 6.32. The molecule has 1 aliphatic carbocycles. The van der Waals surface area contributed by atoms with Crippen LogP contribution in [-0.2, 0) is 12.8 Å². The zero-order chi connectivity index (χ0) is 19.0. The minimum absolute atomic E-state index is 0.326. The molecular formula is C23H13N3O2. The van der Waals surface area contributed by atoms with Gasteiger partial charge < -0.3 is 4.98 Å². The normalized spacial score (nSPS) is 14.5. The van der Waals surface area contributed by atoms with E-state index in [1.807, 2.05) is 18.2 Å². The van der Waals surface area contributed by atoms with Gasteiger partial charge in [-0.05, 0) is 47.1 Å². The number of aryl methyl sites for hydroxylation is 1. The first-order valence-corrected chi connectivity index (χ1v) is 9.13. The average molecular weight is 363 g/mol. The average Bonchev–Trinajstić information content (AvgIpc) is 3.23. The van der Waals surface area contributed by atoms with E-state index in [0.717, 1.165) is 44.9 Å². The third kappa shape index (κ3) is 1.74. The van der Waals surface area contributed by atoms with Crippen LogP contribution in [0.5, 0.6) is 0 Å². The molecule has 0 unspecified atom stereocenters. The monoisotopic (exact) mass is 363 g/mol. The number of amides is 2. The number of imide groups is 1. The molecule has 5 nitrogen and oxygen atoms in total. The van der Waals surface area contributed by atoms with Gasteiger partial charge >= 0.3 is 0 Å². The lowest BCUT2D eigenvalue weighted by Crippen LogP contribution is -2.20. The summed E-state index contributed by atoms with van der Waals surface area (Å²) in [5.74, 6) is -0.686. The summed E-state index contributed by atoms with van der Waals surface area (Å²) in [5.41, 5.74) is 7.42. The molecule has 0 fully saturated rings. The molecule has 0 radical (unpaired) electrons. The molecule has 0 saturated heterocycles. The second-order valence-electron chi connectivity index (χ2n) is 7.26. The number of benzene rings is 3. The molecule has 0 atom stereocenters. The Morgan fingerprint density at radius 2 is 1.75 bits per heavy atom. The number of fused-ring (bicyclic) bond motifs is 10. The maximum absolute atomic E-state index is 12.7. The summed E-state index contributed by atoms with van der Waals surface area (Å²) in [6.07, 6.45) is 1.55. The van der Waals surface area contributed by atoms with Crippen LogP contribution in [0.2, 0.25) is 0 Å². The fraction of sp³-hybridized carbons (Fsp3) is 0.0870. The van der Waals surface area contributed by atoms with Crippen molar-refractivity contribution < 1.29 is 9.59 Å². The molecule has 3 aromatic carbocycles. The highest BCUT2D eigenvalue weighted by Crippen LogP contribution is 2.46. The summed E-state index contributed by atoms with van der Waals surface area (Å²) in [6.45, 7) is 7.33. The van der Waals surface area contributed by atoms with Crippen molar-refractivity contribution in [2.75, 3.05) is 0 Å². The van der Waals surface area contributed by atoms with Gasteiger partial charge in [0.15, 0.2) is 5.69 Å². The van der Waals surface area contributed by atoms with Crippen molar-refractivity contribution >= 4 is 39.3 Å². The van der Waals surface area contributed by atoms with Crippen molar-refractivity contribution in [3.8, 4) is 11.1 Å². The van der Waals surface area contributed by atoms with Crippen molar-refractivity contribution in [2.45, 2.75) is 12.8 Å². The van der Waals surface area contributed by atoms with Gasteiger partial charge in [0.05, 0.1) is 23.2 Å². The van der Waals surface area contributed by atoms with E-state index in [-0.39, 0.29) is 11.8 Å². The molecule has 1 aliphatic heterocycles. The number of carbonyl (C=O) groups excluding carboxylic acids is 2. The third-order valence-corrected chi connectivity index (χ3v) is 5.88. The number of H-pyrrole nitrogens is 1. The van der Waals surface area contributed by atoms with Crippen molar-refractivity contribution in [1.29, 1.82) is 0 Å². The van der Waals surface area contributed by atoms with E-state index >= 15 is 0 Å². The number of hydrogen-bond donors (Lipinski definition) is 2. The molecule has 6 rings (SSSR count). The van der Waals surface area contributed by atoms with E-state index in [2.05, 4.69) is 27.3 Å². The van der Waals surface area contributed by atoms with Gasteiger partial charge in [-0.15, -0.1) is 0 Å². The van der Waals surface area contributed by atoms with E-state index < -0.39 is 0 Å². The molecule has 0 spiro atoms. The summed E-state index contributed by atoms with van der Waals surface area (Å²) in [4.78, 5) is 32.4. The number of nitrogens with one attached hydrogen (secondary N) is 2. The van der Waals surface area contributed by atoms with Crippen molar-refractivity contribution in [1.82, 2.24) is 10.3 Å². The Bertz CT molecular complexity index is 1440. The Balaban J connectivity index is 1.90. The summed E-state index contributed by atoms with van der Waals surface area (Å²) in [5, 5.41) is 4.01. The molecule has 0 saturated carbocycles. The highest BCUT2D eigenvalue weighted by Gasteiger charge is 2.37. The summed E-state index contributed by atoms with van der Waals surface area (Å²) in [7, 11) is 0. The first-order chi connectivity index (χ1) is 13.7. The predicted octanol–water partition coefficient (Wildman–Crippen LogP) is 4.52. The summed E-state index contributed by atoms with van der Waals surface area (Å²) >= 11 is 0. The Labute approximate surface area is 159 Å². The second-order valence-corrected chi connectivity index (χ2v) is 7.26. The number of aromatic nitrogens is 1. The van der Waals surface area contributed by atoms with Gasteiger partial charge in [-0.25, -0.2) is 4.85 Å². The van der Waals surface area contributed by atoms with Crippen LogP contribution in [0.4, 0.5) is 5.69 Å². The van der Waals surface area contributed by atoms with Crippen LogP contribution in [-0.4, -0.2) is 16.8 Å². The van der Waals surface area contributed by atoms with Gasteiger partial charge in [0.1, 0.15) is 0 Å². The number of hydrogen-bond acceptors (Lipinski definition) is 2. The molecule has 1 aromatic heterocycles. The smallest absolute Gasteiger partial charge is 0.259 e. The van der Waals surface area contributed by atoms with Gasteiger partial charge in [-0.1, -0.05) is 30.3 Å².